The normalized spacial score (nSPS) is 12.5. The lowest BCUT2D eigenvalue weighted by Crippen LogP contribution is -2.17. The van der Waals surface area contributed by atoms with Crippen molar-refractivity contribution in [2.24, 2.45) is 0 Å². The smallest absolute Gasteiger partial charge is 0.224 e. The van der Waals surface area contributed by atoms with Gasteiger partial charge in [0.25, 0.3) is 0 Å². The van der Waals surface area contributed by atoms with Crippen LogP contribution in [0.3, 0.4) is 0 Å². The van der Waals surface area contributed by atoms with Crippen molar-refractivity contribution >= 4 is 17.5 Å². The first-order valence-electron chi connectivity index (χ1n) is 5.07. The Hall–Kier alpha value is -0.870. The summed E-state index contributed by atoms with van der Waals surface area (Å²) in [7, 11) is 0. The minimum atomic E-state index is -0.429. The Morgan fingerprint density at radius 1 is 1.53 bits per heavy atom. The van der Waals surface area contributed by atoms with E-state index in [0.29, 0.717) is 17.6 Å². The summed E-state index contributed by atoms with van der Waals surface area (Å²) in [5.74, 6) is 0.479. The SMILES string of the molecule is CCCc1cc(Cl)nc(NCC(C)O)n1. The maximum atomic E-state index is 9.10. The Kier molecular flexibility index (Phi) is 4.78. The highest BCUT2D eigenvalue weighted by molar-refractivity contribution is 6.29. The number of halogens is 1. The molecule has 84 valence electrons. The number of anilines is 1. The van der Waals surface area contributed by atoms with Crippen LogP contribution in [0.1, 0.15) is 26.0 Å². The number of aromatic nitrogens is 2. The second-order valence-electron chi connectivity index (χ2n) is 3.49. The monoisotopic (exact) mass is 229 g/mol. The van der Waals surface area contributed by atoms with Gasteiger partial charge in [0.05, 0.1) is 6.10 Å². The summed E-state index contributed by atoms with van der Waals surface area (Å²) in [4.78, 5) is 8.30. The van der Waals surface area contributed by atoms with Gasteiger partial charge in [-0.15, -0.1) is 0 Å². The number of hydrogen-bond donors (Lipinski definition) is 2. The van der Waals surface area contributed by atoms with E-state index in [1.165, 1.54) is 0 Å². The summed E-state index contributed by atoms with van der Waals surface area (Å²) in [6, 6.07) is 1.76. The molecule has 1 rings (SSSR count). The number of nitrogens with one attached hydrogen (secondary N) is 1. The van der Waals surface area contributed by atoms with Gasteiger partial charge >= 0.3 is 0 Å². The molecule has 1 unspecified atom stereocenters. The molecule has 0 bridgehead atoms. The minimum Gasteiger partial charge on any atom is -0.392 e. The van der Waals surface area contributed by atoms with Crippen LogP contribution in [0.2, 0.25) is 5.15 Å². The Balaban J connectivity index is 2.70. The molecule has 0 spiro atoms. The number of aliphatic hydroxyl groups excluding tert-OH is 1. The van der Waals surface area contributed by atoms with Crippen molar-refractivity contribution in [3.8, 4) is 0 Å². The molecule has 0 aromatic carbocycles. The van der Waals surface area contributed by atoms with Crippen LogP contribution in [-0.4, -0.2) is 27.7 Å². The molecule has 0 aliphatic carbocycles. The molecule has 1 aromatic rings. The summed E-state index contributed by atoms with van der Waals surface area (Å²) in [5.41, 5.74) is 0.922. The zero-order valence-electron chi connectivity index (χ0n) is 9.00. The third-order valence-electron chi connectivity index (χ3n) is 1.81. The molecule has 1 aromatic heterocycles. The van der Waals surface area contributed by atoms with Crippen molar-refractivity contribution < 1.29 is 5.11 Å². The highest BCUT2D eigenvalue weighted by Crippen LogP contribution is 2.11. The maximum Gasteiger partial charge on any atom is 0.224 e. The Morgan fingerprint density at radius 2 is 2.27 bits per heavy atom. The fourth-order valence-electron chi connectivity index (χ4n) is 1.17. The van der Waals surface area contributed by atoms with Gasteiger partial charge in [0, 0.05) is 12.2 Å². The van der Waals surface area contributed by atoms with Gasteiger partial charge in [-0.3, -0.25) is 0 Å². The first-order valence-corrected chi connectivity index (χ1v) is 5.45. The first kappa shape index (κ1) is 12.2. The van der Waals surface area contributed by atoms with Crippen LogP contribution in [-0.2, 0) is 6.42 Å². The molecular formula is C10H16ClN3O. The van der Waals surface area contributed by atoms with Crippen LogP contribution in [0.4, 0.5) is 5.95 Å². The van der Waals surface area contributed by atoms with E-state index in [2.05, 4.69) is 22.2 Å². The summed E-state index contributed by atoms with van der Waals surface area (Å²) in [5, 5.41) is 12.5. The van der Waals surface area contributed by atoms with E-state index < -0.39 is 6.10 Å². The molecule has 5 heteroatoms. The van der Waals surface area contributed by atoms with E-state index in [-0.39, 0.29) is 0 Å². The molecule has 1 heterocycles. The quantitative estimate of drug-likeness (QED) is 0.757. The van der Waals surface area contributed by atoms with Crippen LogP contribution in [0.25, 0.3) is 0 Å². The van der Waals surface area contributed by atoms with Crippen molar-refractivity contribution in [1.29, 1.82) is 0 Å². The van der Waals surface area contributed by atoms with Gasteiger partial charge in [-0.25, -0.2) is 9.97 Å². The van der Waals surface area contributed by atoms with Gasteiger partial charge < -0.3 is 10.4 Å². The molecule has 0 amide bonds. The van der Waals surface area contributed by atoms with Crippen molar-refractivity contribution in [2.45, 2.75) is 32.8 Å². The molecule has 0 saturated heterocycles. The molecule has 15 heavy (non-hydrogen) atoms. The third-order valence-corrected chi connectivity index (χ3v) is 2.00. The lowest BCUT2D eigenvalue weighted by Gasteiger charge is -2.08. The fourth-order valence-corrected chi connectivity index (χ4v) is 1.37. The van der Waals surface area contributed by atoms with Crippen molar-refractivity contribution in [1.82, 2.24) is 9.97 Å². The van der Waals surface area contributed by atoms with Gasteiger partial charge in [0.2, 0.25) is 5.95 Å². The number of aryl methyl sites for hydroxylation is 1. The number of rotatable bonds is 5. The molecule has 0 aliphatic rings. The number of aliphatic hydroxyl groups is 1. The highest BCUT2D eigenvalue weighted by atomic mass is 35.5. The average molecular weight is 230 g/mol. The van der Waals surface area contributed by atoms with Crippen LogP contribution in [0.5, 0.6) is 0 Å². The van der Waals surface area contributed by atoms with Crippen LogP contribution in [0.15, 0.2) is 6.07 Å². The van der Waals surface area contributed by atoms with E-state index in [1.54, 1.807) is 13.0 Å². The summed E-state index contributed by atoms with van der Waals surface area (Å²) >= 11 is 5.85. The second-order valence-corrected chi connectivity index (χ2v) is 3.87. The van der Waals surface area contributed by atoms with Crippen molar-refractivity contribution in [3.05, 3.63) is 16.9 Å². The fraction of sp³-hybridized carbons (Fsp3) is 0.600. The predicted octanol–water partition coefficient (Wildman–Crippen LogP) is 1.88. The van der Waals surface area contributed by atoms with Gasteiger partial charge in [-0.1, -0.05) is 24.9 Å². The molecule has 2 N–H and O–H groups in total. The van der Waals surface area contributed by atoms with Gasteiger partial charge in [0.15, 0.2) is 0 Å². The molecule has 0 radical (unpaired) electrons. The lowest BCUT2D eigenvalue weighted by molar-refractivity contribution is 0.208. The molecule has 0 fully saturated rings. The Labute approximate surface area is 94.7 Å². The molecule has 4 nitrogen and oxygen atoms in total. The van der Waals surface area contributed by atoms with E-state index in [9.17, 15) is 0 Å². The lowest BCUT2D eigenvalue weighted by atomic mass is 10.2. The molecular weight excluding hydrogens is 214 g/mol. The maximum absolute atomic E-state index is 9.10. The molecule has 0 saturated carbocycles. The van der Waals surface area contributed by atoms with Crippen LogP contribution in [0, 0.1) is 0 Å². The molecule has 1 atom stereocenters. The van der Waals surface area contributed by atoms with E-state index in [4.69, 9.17) is 16.7 Å². The van der Waals surface area contributed by atoms with Crippen molar-refractivity contribution in [2.75, 3.05) is 11.9 Å². The van der Waals surface area contributed by atoms with Gasteiger partial charge in [-0.2, -0.15) is 0 Å². The third kappa shape index (κ3) is 4.44. The van der Waals surface area contributed by atoms with Crippen LogP contribution >= 0.6 is 11.6 Å². The topological polar surface area (TPSA) is 58.0 Å². The Bertz CT molecular complexity index is 318. The average Bonchev–Trinajstić information content (AvgIpc) is 2.14. The number of hydrogen-bond acceptors (Lipinski definition) is 4. The van der Waals surface area contributed by atoms with E-state index >= 15 is 0 Å². The minimum absolute atomic E-state index is 0.423. The molecule has 0 aliphatic heterocycles. The zero-order valence-corrected chi connectivity index (χ0v) is 9.75. The summed E-state index contributed by atoms with van der Waals surface area (Å²) in [6.45, 7) is 4.20. The van der Waals surface area contributed by atoms with Crippen LogP contribution < -0.4 is 5.32 Å². The second kappa shape index (κ2) is 5.88. The summed E-state index contributed by atoms with van der Waals surface area (Å²) < 4.78 is 0. The van der Waals surface area contributed by atoms with E-state index in [1.807, 2.05) is 0 Å². The van der Waals surface area contributed by atoms with E-state index in [0.717, 1.165) is 18.5 Å². The summed E-state index contributed by atoms with van der Waals surface area (Å²) in [6.07, 6.45) is 1.47. The largest absolute Gasteiger partial charge is 0.392 e. The van der Waals surface area contributed by atoms with Crippen molar-refractivity contribution in [3.63, 3.8) is 0 Å². The first-order chi connectivity index (χ1) is 7.11. The number of nitrogens with zero attached hydrogens (tertiary/aromatic N) is 2. The zero-order chi connectivity index (χ0) is 11.3. The standard InChI is InChI=1S/C10H16ClN3O/c1-3-4-8-5-9(11)14-10(13-8)12-6-7(2)15/h5,7,15H,3-4,6H2,1-2H3,(H,12,13,14). The van der Waals surface area contributed by atoms with Gasteiger partial charge in [-0.05, 0) is 19.4 Å². The predicted molar refractivity (Wildman–Crippen MR) is 61.2 cm³/mol. The van der Waals surface area contributed by atoms with Gasteiger partial charge in [0.1, 0.15) is 5.15 Å². The Morgan fingerprint density at radius 3 is 2.87 bits per heavy atom. The highest BCUT2D eigenvalue weighted by Gasteiger charge is 2.03.